The van der Waals surface area contributed by atoms with Gasteiger partial charge in [0, 0.05) is 26.1 Å². The molecule has 0 aliphatic carbocycles. The van der Waals surface area contributed by atoms with Gasteiger partial charge in [-0.15, -0.1) is 11.3 Å². The lowest BCUT2D eigenvalue weighted by Crippen LogP contribution is -2.33. The van der Waals surface area contributed by atoms with E-state index in [0.29, 0.717) is 12.3 Å². The zero-order valence-electron chi connectivity index (χ0n) is 12.9. The first kappa shape index (κ1) is 15.4. The third kappa shape index (κ3) is 4.05. The number of carbonyl (C=O) groups is 1. The number of thiazole rings is 1. The van der Waals surface area contributed by atoms with Crippen molar-refractivity contribution in [3.05, 3.63) is 29.3 Å². The van der Waals surface area contributed by atoms with Crippen LogP contribution in [0.25, 0.3) is 10.2 Å². The zero-order valence-corrected chi connectivity index (χ0v) is 13.7. The summed E-state index contributed by atoms with van der Waals surface area (Å²) >= 11 is 1.77. The molecular formula is C17H23N3OS. The van der Waals surface area contributed by atoms with Crippen LogP contribution < -0.4 is 5.32 Å². The number of unbranched alkanes of at least 4 members (excludes halogenated alkanes) is 1. The topological polar surface area (TPSA) is 45.2 Å². The van der Waals surface area contributed by atoms with Crippen LogP contribution >= 0.6 is 11.3 Å². The van der Waals surface area contributed by atoms with Crippen molar-refractivity contribution in [2.24, 2.45) is 0 Å². The number of nitrogens with one attached hydrogen (secondary N) is 1. The second kappa shape index (κ2) is 7.70. The Morgan fingerprint density at radius 3 is 3.05 bits per heavy atom. The SMILES string of the molecule is O=C(CCCCc1nc2ccccc2s1)N1CCCNCC1. The van der Waals surface area contributed by atoms with Gasteiger partial charge in [-0.25, -0.2) is 4.98 Å². The van der Waals surface area contributed by atoms with Gasteiger partial charge < -0.3 is 10.2 Å². The Morgan fingerprint density at radius 2 is 2.14 bits per heavy atom. The molecular weight excluding hydrogens is 294 g/mol. The summed E-state index contributed by atoms with van der Waals surface area (Å²) < 4.78 is 1.26. The van der Waals surface area contributed by atoms with Crippen molar-refractivity contribution in [2.45, 2.75) is 32.1 Å². The van der Waals surface area contributed by atoms with Gasteiger partial charge >= 0.3 is 0 Å². The molecule has 2 aromatic rings. The van der Waals surface area contributed by atoms with Crippen molar-refractivity contribution in [1.29, 1.82) is 0 Å². The number of nitrogens with zero attached hydrogens (tertiary/aromatic N) is 2. The molecule has 5 heteroatoms. The third-order valence-corrected chi connectivity index (χ3v) is 5.16. The van der Waals surface area contributed by atoms with Crippen LogP contribution in [0.4, 0.5) is 0 Å². The minimum absolute atomic E-state index is 0.313. The van der Waals surface area contributed by atoms with Crippen LogP contribution in [0.5, 0.6) is 0 Å². The number of hydrogen-bond acceptors (Lipinski definition) is 4. The smallest absolute Gasteiger partial charge is 0.222 e. The Bertz CT molecular complexity index is 584. The normalized spacial score (nSPS) is 15.9. The second-order valence-electron chi connectivity index (χ2n) is 5.77. The minimum atomic E-state index is 0.313. The molecule has 118 valence electrons. The molecule has 1 aliphatic rings. The molecule has 2 heterocycles. The van der Waals surface area contributed by atoms with Crippen molar-refractivity contribution in [3.63, 3.8) is 0 Å². The maximum atomic E-state index is 12.2. The number of para-hydroxylation sites is 1. The molecule has 1 aromatic heterocycles. The molecule has 0 spiro atoms. The van der Waals surface area contributed by atoms with Gasteiger partial charge in [0.2, 0.25) is 5.91 Å². The van der Waals surface area contributed by atoms with Crippen molar-refractivity contribution in [1.82, 2.24) is 15.2 Å². The predicted octanol–water partition coefficient (Wildman–Crippen LogP) is 2.83. The van der Waals surface area contributed by atoms with Gasteiger partial charge in [-0.1, -0.05) is 12.1 Å². The maximum Gasteiger partial charge on any atom is 0.222 e. The Kier molecular flexibility index (Phi) is 5.40. The molecule has 1 N–H and O–H groups in total. The van der Waals surface area contributed by atoms with Gasteiger partial charge in [0.15, 0.2) is 0 Å². The molecule has 0 unspecified atom stereocenters. The number of aromatic nitrogens is 1. The lowest BCUT2D eigenvalue weighted by molar-refractivity contribution is -0.131. The van der Waals surface area contributed by atoms with Crippen LogP contribution in [0.1, 0.15) is 30.7 Å². The molecule has 0 bridgehead atoms. The van der Waals surface area contributed by atoms with Gasteiger partial charge in [-0.05, 0) is 44.4 Å². The second-order valence-corrected chi connectivity index (χ2v) is 6.88. The van der Waals surface area contributed by atoms with E-state index in [1.807, 2.05) is 11.0 Å². The molecule has 22 heavy (non-hydrogen) atoms. The number of benzene rings is 1. The fraction of sp³-hybridized carbons (Fsp3) is 0.529. The zero-order chi connectivity index (χ0) is 15.2. The number of fused-ring (bicyclic) bond motifs is 1. The highest BCUT2D eigenvalue weighted by Crippen LogP contribution is 2.22. The van der Waals surface area contributed by atoms with Crippen LogP contribution in [-0.2, 0) is 11.2 Å². The average Bonchev–Trinajstić information content (AvgIpc) is 2.75. The lowest BCUT2D eigenvalue weighted by atomic mass is 10.2. The molecule has 4 nitrogen and oxygen atoms in total. The first-order chi connectivity index (χ1) is 10.8. The van der Waals surface area contributed by atoms with E-state index < -0.39 is 0 Å². The molecule has 1 amide bonds. The summed E-state index contributed by atoms with van der Waals surface area (Å²) in [7, 11) is 0. The van der Waals surface area contributed by atoms with Crippen LogP contribution in [0.3, 0.4) is 0 Å². The summed E-state index contributed by atoms with van der Waals surface area (Å²) in [6.45, 7) is 3.72. The highest BCUT2D eigenvalue weighted by atomic mass is 32.1. The van der Waals surface area contributed by atoms with Crippen molar-refractivity contribution < 1.29 is 4.79 Å². The highest BCUT2D eigenvalue weighted by Gasteiger charge is 2.14. The van der Waals surface area contributed by atoms with Crippen molar-refractivity contribution in [3.8, 4) is 0 Å². The predicted molar refractivity (Wildman–Crippen MR) is 91.2 cm³/mol. The van der Waals surface area contributed by atoms with Gasteiger partial charge in [0.1, 0.15) is 0 Å². The molecule has 3 rings (SSSR count). The highest BCUT2D eigenvalue weighted by molar-refractivity contribution is 7.18. The Morgan fingerprint density at radius 1 is 1.23 bits per heavy atom. The standard InChI is InChI=1S/C17H23N3OS/c21-17(20-12-5-10-18-11-13-20)9-4-3-8-16-19-14-6-1-2-7-15(14)22-16/h1-2,6-7,18H,3-5,8-13H2. The monoisotopic (exact) mass is 317 g/mol. The number of rotatable bonds is 5. The minimum Gasteiger partial charge on any atom is -0.341 e. The number of carbonyl (C=O) groups excluding carboxylic acids is 1. The van der Waals surface area contributed by atoms with Gasteiger partial charge in [-0.2, -0.15) is 0 Å². The summed E-state index contributed by atoms with van der Waals surface area (Å²) in [4.78, 5) is 18.8. The van der Waals surface area contributed by atoms with Crippen LogP contribution in [0.2, 0.25) is 0 Å². The summed E-state index contributed by atoms with van der Waals surface area (Å²) in [5.41, 5.74) is 1.09. The van der Waals surface area contributed by atoms with E-state index in [9.17, 15) is 4.79 Å². The third-order valence-electron chi connectivity index (χ3n) is 4.06. The summed E-state index contributed by atoms with van der Waals surface area (Å²) in [5, 5.41) is 4.52. The average molecular weight is 317 g/mol. The molecule has 0 radical (unpaired) electrons. The van der Waals surface area contributed by atoms with Crippen LogP contribution in [0.15, 0.2) is 24.3 Å². The fourth-order valence-corrected chi connectivity index (χ4v) is 3.84. The lowest BCUT2D eigenvalue weighted by Gasteiger charge is -2.19. The maximum absolute atomic E-state index is 12.2. The quantitative estimate of drug-likeness (QED) is 0.863. The number of amides is 1. The first-order valence-electron chi connectivity index (χ1n) is 8.16. The molecule has 0 atom stereocenters. The summed E-state index contributed by atoms with van der Waals surface area (Å²) in [6.07, 6.45) is 4.72. The fourth-order valence-electron chi connectivity index (χ4n) is 2.83. The molecule has 1 fully saturated rings. The first-order valence-corrected chi connectivity index (χ1v) is 8.97. The molecule has 0 saturated carbocycles. The van der Waals surface area contributed by atoms with E-state index in [-0.39, 0.29) is 0 Å². The van der Waals surface area contributed by atoms with E-state index in [1.165, 1.54) is 9.71 Å². The van der Waals surface area contributed by atoms with Crippen LogP contribution in [0, 0.1) is 0 Å². The van der Waals surface area contributed by atoms with E-state index >= 15 is 0 Å². The Hall–Kier alpha value is -1.46. The van der Waals surface area contributed by atoms with Gasteiger partial charge in [-0.3, -0.25) is 4.79 Å². The Labute approximate surface area is 135 Å². The van der Waals surface area contributed by atoms with E-state index in [4.69, 9.17) is 0 Å². The van der Waals surface area contributed by atoms with Crippen molar-refractivity contribution in [2.75, 3.05) is 26.2 Å². The largest absolute Gasteiger partial charge is 0.341 e. The number of aryl methyl sites for hydroxylation is 1. The Balaban J connectivity index is 1.42. The summed E-state index contributed by atoms with van der Waals surface area (Å²) in [6, 6.07) is 8.26. The van der Waals surface area contributed by atoms with Gasteiger partial charge in [0.05, 0.1) is 15.2 Å². The van der Waals surface area contributed by atoms with Gasteiger partial charge in [0.25, 0.3) is 0 Å². The summed E-state index contributed by atoms with van der Waals surface area (Å²) in [5.74, 6) is 0.313. The van der Waals surface area contributed by atoms with Crippen LogP contribution in [-0.4, -0.2) is 42.0 Å². The van der Waals surface area contributed by atoms with E-state index in [0.717, 1.165) is 57.4 Å². The molecule has 1 aromatic carbocycles. The number of hydrogen-bond donors (Lipinski definition) is 1. The van der Waals surface area contributed by atoms with Crippen molar-refractivity contribution >= 4 is 27.5 Å². The molecule has 1 aliphatic heterocycles. The van der Waals surface area contributed by atoms with E-state index in [2.05, 4.69) is 28.5 Å². The molecule has 1 saturated heterocycles. The van der Waals surface area contributed by atoms with E-state index in [1.54, 1.807) is 11.3 Å².